The summed E-state index contributed by atoms with van der Waals surface area (Å²) in [5, 5.41) is 6.30. The van der Waals surface area contributed by atoms with E-state index in [1.807, 2.05) is 13.8 Å². The van der Waals surface area contributed by atoms with Gasteiger partial charge in [-0.15, -0.1) is 0 Å². The van der Waals surface area contributed by atoms with Gasteiger partial charge in [-0.25, -0.2) is 13.1 Å². The quantitative estimate of drug-likeness (QED) is 0.708. The number of nitrogens with one attached hydrogen (secondary N) is 2. The average molecular weight is 258 g/mol. The Morgan fingerprint density at radius 1 is 1.59 bits per heavy atom. The number of aromatic amines is 1. The first kappa shape index (κ1) is 12.5. The van der Waals surface area contributed by atoms with Gasteiger partial charge in [-0.05, 0) is 32.6 Å². The Bertz CT molecular complexity index is 502. The number of aromatic nitrogens is 2. The van der Waals surface area contributed by atoms with E-state index in [9.17, 15) is 8.42 Å². The van der Waals surface area contributed by atoms with E-state index in [4.69, 9.17) is 5.73 Å². The second-order valence-corrected chi connectivity index (χ2v) is 6.65. The largest absolute Gasteiger partial charge is 0.326 e. The second kappa shape index (κ2) is 4.08. The van der Waals surface area contributed by atoms with Crippen LogP contribution in [0.4, 0.5) is 0 Å². The van der Waals surface area contributed by atoms with Crippen LogP contribution in [0.25, 0.3) is 0 Å². The van der Waals surface area contributed by atoms with Gasteiger partial charge in [-0.2, -0.15) is 5.10 Å². The standard InChI is InChI=1S/C10H18N4O2S/c1-10(2,8-3-4-8)14-17(15,16)9-7(5-11)6-12-13-9/h6,8,14H,3-5,11H2,1-2H3,(H,12,13). The highest BCUT2D eigenvalue weighted by atomic mass is 32.2. The molecule has 0 aromatic carbocycles. The lowest BCUT2D eigenvalue weighted by molar-refractivity contribution is 0.399. The van der Waals surface area contributed by atoms with Crippen LogP contribution >= 0.6 is 0 Å². The molecule has 0 atom stereocenters. The van der Waals surface area contributed by atoms with E-state index in [0.717, 1.165) is 12.8 Å². The summed E-state index contributed by atoms with van der Waals surface area (Å²) in [5.74, 6) is 0.418. The maximum absolute atomic E-state index is 12.2. The molecule has 0 saturated heterocycles. The highest BCUT2D eigenvalue weighted by Gasteiger charge is 2.41. The van der Waals surface area contributed by atoms with Crippen LogP contribution in [0.2, 0.25) is 0 Å². The fourth-order valence-electron chi connectivity index (χ4n) is 1.96. The van der Waals surface area contributed by atoms with Crippen molar-refractivity contribution in [2.24, 2.45) is 11.7 Å². The molecule has 0 bridgehead atoms. The Morgan fingerprint density at radius 2 is 2.24 bits per heavy atom. The van der Waals surface area contributed by atoms with Crippen molar-refractivity contribution >= 4 is 10.0 Å². The van der Waals surface area contributed by atoms with E-state index in [2.05, 4.69) is 14.9 Å². The minimum absolute atomic E-state index is 0.0775. The van der Waals surface area contributed by atoms with E-state index in [-0.39, 0.29) is 11.6 Å². The normalized spacial score (nSPS) is 17.4. The molecule has 17 heavy (non-hydrogen) atoms. The van der Waals surface area contributed by atoms with Crippen LogP contribution in [0.3, 0.4) is 0 Å². The van der Waals surface area contributed by atoms with Gasteiger partial charge in [0.25, 0.3) is 10.0 Å². The predicted octanol–water partition coefficient (Wildman–Crippen LogP) is 0.335. The molecule has 0 radical (unpaired) electrons. The molecule has 0 spiro atoms. The van der Waals surface area contributed by atoms with Gasteiger partial charge < -0.3 is 5.73 Å². The maximum Gasteiger partial charge on any atom is 0.258 e. The molecule has 0 aliphatic heterocycles. The van der Waals surface area contributed by atoms with Gasteiger partial charge in [-0.3, -0.25) is 5.10 Å². The zero-order valence-corrected chi connectivity index (χ0v) is 10.8. The Labute approximate surface area is 101 Å². The minimum Gasteiger partial charge on any atom is -0.326 e. The highest BCUT2D eigenvalue weighted by molar-refractivity contribution is 7.89. The molecule has 7 heteroatoms. The van der Waals surface area contributed by atoms with Crippen LogP contribution in [0.1, 0.15) is 32.3 Å². The van der Waals surface area contributed by atoms with E-state index in [1.165, 1.54) is 6.20 Å². The first-order valence-corrected chi connectivity index (χ1v) is 7.11. The molecule has 1 saturated carbocycles. The third-order valence-electron chi connectivity index (χ3n) is 3.16. The number of sulfonamides is 1. The Kier molecular flexibility index (Phi) is 3.01. The Balaban J connectivity index is 2.25. The lowest BCUT2D eigenvalue weighted by atomic mass is 10.0. The molecule has 0 amide bonds. The lowest BCUT2D eigenvalue weighted by Crippen LogP contribution is -2.45. The molecule has 0 unspecified atom stereocenters. The number of hydrogen-bond acceptors (Lipinski definition) is 4. The molecule has 1 aliphatic rings. The Morgan fingerprint density at radius 3 is 2.76 bits per heavy atom. The monoisotopic (exact) mass is 258 g/mol. The highest BCUT2D eigenvalue weighted by Crippen LogP contribution is 2.39. The van der Waals surface area contributed by atoms with E-state index in [0.29, 0.717) is 11.5 Å². The molecule has 1 aromatic rings. The zero-order chi connectivity index (χ0) is 12.7. The zero-order valence-electron chi connectivity index (χ0n) is 10.0. The summed E-state index contributed by atoms with van der Waals surface area (Å²) in [6, 6.07) is 0. The molecular formula is C10H18N4O2S. The van der Waals surface area contributed by atoms with Gasteiger partial charge in [-0.1, -0.05) is 0 Å². The SMILES string of the molecule is CC(C)(NS(=O)(=O)c1[nH]ncc1CN)C1CC1. The number of rotatable bonds is 5. The molecule has 1 fully saturated rings. The van der Waals surface area contributed by atoms with Gasteiger partial charge >= 0.3 is 0 Å². The summed E-state index contributed by atoms with van der Waals surface area (Å²) in [6.45, 7) is 3.96. The van der Waals surface area contributed by atoms with E-state index in [1.54, 1.807) is 0 Å². The van der Waals surface area contributed by atoms with Gasteiger partial charge in [0.1, 0.15) is 0 Å². The third kappa shape index (κ3) is 2.51. The van der Waals surface area contributed by atoms with Crippen molar-refractivity contribution in [3.8, 4) is 0 Å². The van der Waals surface area contributed by atoms with Crippen molar-refractivity contribution in [1.82, 2.24) is 14.9 Å². The van der Waals surface area contributed by atoms with Crippen LogP contribution in [-0.4, -0.2) is 24.2 Å². The van der Waals surface area contributed by atoms with Crippen LogP contribution in [0, 0.1) is 5.92 Å². The van der Waals surface area contributed by atoms with Crippen molar-refractivity contribution < 1.29 is 8.42 Å². The summed E-state index contributed by atoms with van der Waals surface area (Å²) in [6.07, 6.45) is 3.59. The summed E-state index contributed by atoms with van der Waals surface area (Å²) in [7, 11) is -3.57. The van der Waals surface area contributed by atoms with Crippen LogP contribution in [0.5, 0.6) is 0 Å². The fourth-order valence-corrected chi connectivity index (χ4v) is 3.58. The topological polar surface area (TPSA) is 101 Å². The van der Waals surface area contributed by atoms with Crippen molar-refractivity contribution in [2.45, 2.75) is 43.8 Å². The number of H-pyrrole nitrogens is 1. The molecule has 4 N–H and O–H groups in total. The van der Waals surface area contributed by atoms with Crippen LogP contribution in [0.15, 0.2) is 11.2 Å². The van der Waals surface area contributed by atoms with Crippen LogP contribution in [-0.2, 0) is 16.6 Å². The molecule has 6 nitrogen and oxygen atoms in total. The van der Waals surface area contributed by atoms with Crippen LogP contribution < -0.4 is 10.5 Å². The first-order chi connectivity index (χ1) is 7.87. The minimum atomic E-state index is -3.57. The summed E-state index contributed by atoms with van der Waals surface area (Å²) in [4.78, 5) is 0. The number of nitrogens with zero attached hydrogens (tertiary/aromatic N) is 1. The van der Waals surface area contributed by atoms with Crippen molar-refractivity contribution in [2.75, 3.05) is 0 Å². The predicted molar refractivity (Wildman–Crippen MR) is 63.6 cm³/mol. The summed E-state index contributed by atoms with van der Waals surface area (Å²) in [5.41, 5.74) is 5.56. The summed E-state index contributed by atoms with van der Waals surface area (Å²) >= 11 is 0. The van der Waals surface area contributed by atoms with E-state index >= 15 is 0 Å². The van der Waals surface area contributed by atoms with Crippen molar-refractivity contribution in [3.05, 3.63) is 11.8 Å². The van der Waals surface area contributed by atoms with Gasteiger partial charge in [0.2, 0.25) is 0 Å². The van der Waals surface area contributed by atoms with Gasteiger partial charge in [0.15, 0.2) is 5.03 Å². The molecule has 2 rings (SSSR count). The lowest BCUT2D eigenvalue weighted by Gasteiger charge is -2.25. The average Bonchev–Trinajstić information content (AvgIpc) is 2.95. The smallest absolute Gasteiger partial charge is 0.258 e. The maximum atomic E-state index is 12.2. The van der Waals surface area contributed by atoms with Crippen molar-refractivity contribution in [1.29, 1.82) is 0 Å². The molecule has 96 valence electrons. The molecule has 1 aliphatic carbocycles. The fraction of sp³-hybridized carbons (Fsp3) is 0.700. The van der Waals surface area contributed by atoms with E-state index < -0.39 is 15.6 Å². The Hall–Kier alpha value is -0.920. The van der Waals surface area contributed by atoms with Gasteiger partial charge in [0, 0.05) is 17.6 Å². The molecular weight excluding hydrogens is 240 g/mol. The first-order valence-electron chi connectivity index (χ1n) is 5.63. The third-order valence-corrected chi connectivity index (χ3v) is 4.85. The number of hydrogen-bond donors (Lipinski definition) is 3. The van der Waals surface area contributed by atoms with Crippen molar-refractivity contribution in [3.63, 3.8) is 0 Å². The molecule has 1 aromatic heterocycles. The number of nitrogens with two attached hydrogens (primary N) is 1. The molecule has 1 heterocycles. The van der Waals surface area contributed by atoms with Gasteiger partial charge in [0.05, 0.1) is 6.20 Å². The summed E-state index contributed by atoms with van der Waals surface area (Å²) < 4.78 is 27.1. The second-order valence-electron chi connectivity index (χ2n) is 5.03.